The predicted octanol–water partition coefficient (Wildman–Crippen LogP) is 3.06. The van der Waals surface area contributed by atoms with E-state index >= 15 is 0 Å². The second-order valence-corrected chi connectivity index (χ2v) is 3.36. The molecule has 1 aromatic rings. The second kappa shape index (κ2) is 3.83. The summed E-state index contributed by atoms with van der Waals surface area (Å²) >= 11 is 3.01. The Balaban J connectivity index is 3.28. The van der Waals surface area contributed by atoms with E-state index in [1.54, 1.807) is 6.92 Å². The van der Waals surface area contributed by atoms with Crippen LogP contribution in [0, 0.1) is 15.9 Å². The molecule has 0 spiro atoms. The largest absolute Gasteiger partial charge is 0.286 e. The van der Waals surface area contributed by atoms with Gasteiger partial charge in [-0.25, -0.2) is 4.39 Å². The van der Waals surface area contributed by atoms with Gasteiger partial charge in [-0.2, -0.15) is 0 Å². The van der Waals surface area contributed by atoms with Crippen LogP contribution in [0.25, 0.3) is 0 Å². The molecule has 3 nitrogen and oxygen atoms in total. The smallest absolute Gasteiger partial charge is 0.258 e. The number of nitro benzene ring substituents is 1. The third-order valence-corrected chi connectivity index (χ3v) is 2.33. The fraction of sp³-hybridized carbons (Fsp3) is 0.250. The minimum absolute atomic E-state index is 0.241. The summed E-state index contributed by atoms with van der Waals surface area (Å²) in [4.78, 5) is 9.76. The van der Waals surface area contributed by atoms with Crippen molar-refractivity contribution >= 4 is 21.6 Å². The van der Waals surface area contributed by atoms with E-state index in [1.165, 1.54) is 6.07 Å². The van der Waals surface area contributed by atoms with Gasteiger partial charge in [0.15, 0.2) is 0 Å². The van der Waals surface area contributed by atoms with E-state index in [0.29, 0.717) is 16.5 Å². The molecule has 1 rings (SSSR count). The van der Waals surface area contributed by atoms with Crippen molar-refractivity contribution in [3.8, 4) is 0 Å². The molecule has 0 saturated heterocycles. The normalized spacial score (nSPS) is 10.1. The van der Waals surface area contributed by atoms with Crippen LogP contribution in [0.5, 0.6) is 0 Å². The predicted molar refractivity (Wildman–Crippen MR) is 50.1 cm³/mol. The van der Waals surface area contributed by atoms with Crippen LogP contribution in [0.4, 0.5) is 10.1 Å². The summed E-state index contributed by atoms with van der Waals surface area (Å²) in [5.74, 6) is -0.530. The fourth-order valence-corrected chi connectivity index (χ4v) is 1.52. The van der Waals surface area contributed by atoms with Gasteiger partial charge in [0, 0.05) is 0 Å². The van der Waals surface area contributed by atoms with Gasteiger partial charge in [0.25, 0.3) is 5.69 Å². The number of halogens is 2. The first-order valence-corrected chi connectivity index (χ1v) is 4.48. The van der Waals surface area contributed by atoms with Crippen molar-refractivity contribution in [3.63, 3.8) is 0 Å². The van der Waals surface area contributed by atoms with Gasteiger partial charge in [0.05, 0.1) is 15.5 Å². The van der Waals surface area contributed by atoms with Crippen LogP contribution in [-0.2, 0) is 6.42 Å². The van der Waals surface area contributed by atoms with E-state index in [0.717, 1.165) is 6.07 Å². The van der Waals surface area contributed by atoms with E-state index in [2.05, 4.69) is 15.9 Å². The molecule has 70 valence electrons. The number of nitro groups is 1. The topological polar surface area (TPSA) is 43.1 Å². The molecule has 0 saturated carbocycles. The Kier molecular flexibility index (Phi) is 2.98. The summed E-state index contributed by atoms with van der Waals surface area (Å²) < 4.78 is 13.4. The maximum atomic E-state index is 13.1. The van der Waals surface area contributed by atoms with Gasteiger partial charge in [-0.1, -0.05) is 6.92 Å². The van der Waals surface area contributed by atoms with Gasteiger partial charge < -0.3 is 0 Å². The van der Waals surface area contributed by atoms with Gasteiger partial charge in [0.2, 0.25) is 0 Å². The minimum Gasteiger partial charge on any atom is -0.258 e. The lowest BCUT2D eigenvalue weighted by Crippen LogP contribution is -1.94. The summed E-state index contributed by atoms with van der Waals surface area (Å²) in [6.07, 6.45) is 0.516. The summed E-state index contributed by atoms with van der Waals surface area (Å²) in [5.41, 5.74) is 0.229. The molecule has 0 N–H and O–H groups in total. The number of benzene rings is 1. The monoisotopic (exact) mass is 247 g/mol. The number of rotatable bonds is 2. The maximum Gasteiger partial charge on any atom is 0.286 e. The first-order valence-electron chi connectivity index (χ1n) is 3.68. The molecular formula is C8H7BrFNO2. The molecule has 0 aliphatic heterocycles. The van der Waals surface area contributed by atoms with Gasteiger partial charge in [0.1, 0.15) is 5.82 Å². The fourth-order valence-electron chi connectivity index (χ4n) is 0.988. The lowest BCUT2D eigenvalue weighted by molar-refractivity contribution is -0.385. The van der Waals surface area contributed by atoms with Gasteiger partial charge in [-0.15, -0.1) is 0 Å². The Morgan fingerprint density at radius 3 is 2.69 bits per heavy atom. The molecule has 0 amide bonds. The molecule has 0 fully saturated rings. The van der Waals surface area contributed by atoms with Crippen molar-refractivity contribution in [2.45, 2.75) is 13.3 Å². The van der Waals surface area contributed by atoms with Crippen molar-refractivity contribution in [3.05, 3.63) is 38.1 Å². The van der Waals surface area contributed by atoms with Crippen LogP contribution in [-0.4, -0.2) is 4.92 Å². The molecule has 0 aliphatic rings. The van der Waals surface area contributed by atoms with Gasteiger partial charge in [-0.3, -0.25) is 10.1 Å². The van der Waals surface area contributed by atoms with E-state index in [-0.39, 0.29) is 5.69 Å². The molecule has 0 unspecified atom stereocenters. The quantitative estimate of drug-likeness (QED) is 0.596. The molecule has 0 atom stereocenters. The highest BCUT2D eigenvalue weighted by atomic mass is 79.9. The first-order chi connectivity index (χ1) is 6.06. The Morgan fingerprint density at radius 2 is 2.23 bits per heavy atom. The standard InChI is InChI=1S/C8H7BrFNO2/c1-2-5-3-6(9)8(11(12)13)4-7(5)10/h3-4H,2H2,1H3. The van der Waals surface area contributed by atoms with Crippen molar-refractivity contribution in [2.75, 3.05) is 0 Å². The van der Waals surface area contributed by atoms with E-state index in [4.69, 9.17) is 0 Å². The Bertz CT molecular complexity index is 354. The van der Waals surface area contributed by atoms with Crippen LogP contribution >= 0.6 is 15.9 Å². The van der Waals surface area contributed by atoms with Crippen LogP contribution in [0.3, 0.4) is 0 Å². The average Bonchev–Trinajstić information content (AvgIpc) is 2.07. The van der Waals surface area contributed by atoms with Crippen molar-refractivity contribution < 1.29 is 9.31 Å². The molecule has 0 heterocycles. The lowest BCUT2D eigenvalue weighted by Gasteiger charge is -2.00. The zero-order valence-electron chi connectivity index (χ0n) is 6.88. The van der Waals surface area contributed by atoms with Crippen LogP contribution < -0.4 is 0 Å². The van der Waals surface area contributed by atoms with Crippen molar-refractivity contribution in [1.82, 2.24) is 0 Å². The molecule has 1 aromatic carbocycles. The highest BCUT2D eigenvalue weighted by Crippen LogP contribution is 2.27. The highest BCUT2D eigenvalue weighted by Gasteiger charge is 2.15. The van der Waals surface area contributed by atoms with Gasteiger partial charge in [-0.05, 0) is 34.0 Å². The molecule has 0 aliphatic carbocycles. The first kappa shape index (κ1) is 10.1. The molecule has 13 heavy (non-hydrogen) atoms. The maximum absolute atomic E-state index is 13.1. The SMILES string of the molecule is CCc1cc(Br)c([N+](=O)[O-])cc1F. The molecule has 5 heteroatoms. The van der Waals surface area contributed by atoms with Crippen molar-refractivity contribution in [2.24, 2.45) is 0 Å². The molecule has 0 aromatic heterocycles. The summed E-state index contributed by atoms with van der Waals surface area (Å²) in [6.45, 7) is 1.79. The zero-order valence-corrected chi connectivity index (χ0v) is 8.47. The highest BCUT2D eigenvalue weighted by molar-refractivity contribution is 9.10. The Morgan fingerprint density at radius 1 is 1.62 bits per heavy atom. The number of aryl methyl sites for hydroxylation is 1. The molecular weight excluding hydrogens is 241 g/mol. The van der Waals surface area contributed by atoms with Crippen molar-refractivity contribution in [1.29, 1.82) is 0 Å². The van der Waals surface area contributed by atoms with Crippen LogP contribution in [0.2, 0.25) is 0 Å². The Hall–Kier alpha value is -0.970. The number of hydrogen-bond acceptors (Lipinski definition) is 2. The zero-order chi connectivity index (χ0) is 10.0. The summed E-state index contributed by atoms with van der Waals surface area (Å²) in [5, 5.41) is 10.4. The van der Waals surface area contributed by atoms with E-state index in [1.807, 2.05) is 0 Å². The summed E-state index contributed by atoms with van der Waals surface area (Å²) in [6, 6.07) is 2.37. The third-order valence-electron chi connectivity index (χ3n) is 1.69. The number of nitrogens with zero attached hydrogens (tertiary/aromatic N) is 1. The average molecular weight is 248 g/mol. The lowest BCUT2D eigenvalue weighted by atomic mass is 10.1. The van der Waals surface area contributed by atoms with Crippen LogP contribution in [0.1, 0.15) is 12.5 Å². The number of hydrogen-bond donors (Lipinski definition) is 0. The third kappa shape index (κ3) is 2.03. The summed E-state index contributed by atoms with van der Waals surface area (Å²) in [7, 11) is 0. The van der Waals surface area contributed by atoms with E-state index < -0.39 is 10.7 Å². The Labute approximate surface area is 82.8 Å². The minimum atomic E-state index is -0.618. The van der Waals surface area contributed by atoms with Gasteiger partial charge >= 0.3 is 0 Å². The molecule has 0 bridgehead atoms. The van der Waals surface area contributed by atoms with Crippen LogP contribution in [0.15, 0.2) is 16.6 Å². The second-order valence-electron chi connectivity index (χ2n) is 2.51. The van der Waals surface area contributed by atoms with E-state index in [9.17, 15) is 14.5 Å². The molecule has 0 radical (unpaired) electrons.